The highest BCUT2D eigenvalue weighted by molar-refractivity contribution is 7.90. The summed E-state index contributed by atoms with van der Waals surface area (Å²) in [7, 11) is 0.0648. The molecular weight excluding hydrogens is 331 g/mol. The normalized spacial score (nSPS) is 20.5. The first-order valence-electron chi connectivity index (χ1n) is 8.43. The van der Waals surface area contributed by atoms with Crippen molar-refractivity contribution in [2.24, 2.45) is 0 Å². The first-order chi connectivity index (χ1) is 11.4. The molecule has 0 atom stereocenters. The lowest BCUT2D eigenvalue weighted by Crippen LogP contribution is -2.46. The summed E-state index contributed by atoms with van der Waals surface area (Å²) in [5.74, 6) is -0.0930. The van der Waals surface area contributed by atoms with Gasteiger partial charge in [-0.2, -0.15) is 0 Å². The van der Waals surface area contributed by atoms with Gasteiger partial charge in [-0.05, 0) is 43.4 Å². The zero-order valence-corrected chi connectivity index (χ0v) is 15.1. The molecule has 1 saturated heterocycles. The lowest BCUT2D eigenvalue weighted by molar-refractivity contribution is 0.163. The van der Waals surface area contributed by atoms with Crippen molar-refractivity contribution in [3.63, 3.8) is 0 Å². The highest BCUT2D eigenvalue weighted by atomic mass is 32.2. The molecule has 0 unspecified atom stereocenters. The summed E-state index contributed by atoms with van der Waals surface area (Å²) in [4.78, 5) is 2.25. The number of methoxy groups -OCH3 is 1. The van der Waals surface area contributed by atoms with Gasteiger partial charge in [0.2, 0.25) is 10.0 Å². The van der Waals surface area contributed by atoms with Gasteiger partial charge in [0.15, 0.2) is 11.6 Å². The quantitative estimate of drug-likeness (QED) is 0.784. The van der Waals surface area contributed by atoms with Gasteiger partial charge in [-0.25, -0.2) is 17.1 Å². The Morgan fingerprint density at radius 1 is 1.25 bits per heavy atom. The molecule has 1 heterocycles. The number of benzene rings is 1. The van der Waals surface area contributed by atoms with E-state index in [1.807, 2.05) is 6.07 Å². The van der Waals surface area contributed by atoms with Gasteiger partial charge >= 0.3 is 0 Å². The number of hydrogen-bond acceptors (Lipinski definition) is 4. The van der Waals surface area contributed by atoms with Crippen molar-refractivity contribution in [3.8, 4) is 5.75 Å². The minimum atomic E-state index is -3.10. The zero-order valence-electron chi connectivity index (χ0n) is 14.2. The van der Waals surface area contributed by atoms with E-state index in [4.69, 9.17) is 4.74 Å². The van der Waals surface area contributed by atoms with Gasteiger partial charge in [0.05, 0.1) is 12.4 Å². The van der Waals surface area contributed by atoms with Crippen molar-refractivity contribution in [1.29, 1.82) is 0 Å². The van der Waals surface area contributed by atoms with Crippen LogP contribution in [0.2, 0.25) is 0 Å². The molecular formula is C17H25FN2O3S. The Bertz CT molecular complexity index is 683. The third kappa shape index (κ3) is 3.73. The predicted octanol–water partition coefficient (Wildman–Crippen LogP) is 2.22. The van der Waals surface area contributed by atoms with Crippen LogP contribution < -0.4 is 4.74 Å². The number of rotatable bonds is 6. The van der Waals surface area contributed by atoms with Crippen molar-refractivity contribution < 1.29 is 17.5 Å². The Hall–Kier alpha value is -1.18. The molecule has 0 bridgehead atoms. The maximum atomic E-state index is 13.8. The molecule has 2 aliphatic rings. The molecule has 0 aromatic heterocycles. The second-order valence-corrected chi connectivity index (χ2v) is 9.01. The second kappa shape index (κ2) is 6.98. The number of piperidine rings is 1. The third-order valence-corrected chi connectivity index (χ3v) is 7.46. The summed E-state index contributed by atoms with van der Waals surface area (Å²) < 4.78 is 44.9. The first-order valence-corrected chi connectivity index (χ1v) is 9.93. The van der Waals surface area contributed by atoms with Gasteiger partial charge in [0.1, 0.15) is 0 Å². The molecule has 1 aliphatic heterocycles. The van der Waals surface area contributed by atoms with Crippen LogP contribution in [-0.4, -0.2) is 56.2 Å². The van der Waals surface area contributed by atoms with Crippen LogP contribution in [0.4, 0.5) is 4.39 Å². The largest absolute Gasteiger partial charge is 0.494 e. The molecule has 1 saturated carbocycles. The fraction of sp³-hybridized carbons (Fsp3) is 0.647. The summed E-state index contributed by atoms with van der Waals surface area (Å²) in [5, 5.41) is -0.150. The van der Waals surface area contributed by atoms with Crippen LogP contribution in [0.1, 0.15) is 31.2 Å². The first kappa shape index (κ1) is 17.6. The van der Waals surface area contributed by atoms with Crippen LogP contribution in [0.5, 0.6) is 5.75 Å². The highest BCUT2D eigenvalue weighted by Gasteiger charge is 2.41. The Morgan fingerprint density at radius 3 is 2.46 bits per heavy atom. The summed E-state index contributed by atoms with van der Waals surface area (Å²) in [5.41, 5.74) is 0.908. The molecule has 1 aromatic carbocycles. The van der Waals surface area contributed by atoms with Crippen LogP contribution in [0, 0.1) is 5.82 Å². The number of hydrogen-bond donors (Lipinski definition) is 0. The molecule has 7 heteroatoms. The molecule has 2 fully saturated rings. The van der Waals surface area contributed by atoms with Crippen molar-refractivity contribution >= 4 is 10.0 Å². The topological polar surface area (TPSA) is 49.9 Å². The molecule has 0 radical (unpaired) electrons. The second-order valence-electron chi connectivity index (χ2n) is 6.74. The van der Waals surface area contributed by atoms with Gasteiger partial charge in [0, 0.05) is 32.7 Å². The number of ether oxygens (including phenoxy) is 1. The van der Waals surface area contributed by atoms with E-state index in [0.717, 1.165) is 44.3 Å². The summed E-state index contributed by atoms with van der Waals surface area (Å²) in [6.07, 6.45) is 3.24. The van der Waals surface area contributed by atoms with E-state index < -0.39 is 10.0 Å². The van der Waals surface area contributed by atoms with Gasteiger partial charge in [-0.1, -0.05) is 6.07 Å². The molecule has 0 spiro atoms. The SMILES string of the molecule is COc1ccc(CN2CCC(N(C)S(=O)(=O)C3CC3)CC2)cc1F. The lowest BCUT2D eigenvalue weighted by Gasteiger charge is -2.36. The predicted molar refractivity (Wildman–Crippen MR) is 91.0 cm³/mol. The molecule has 134 valence electrons. The van der Waals surface area contributed by atoms with Crippen molar-refractivity contribution in [2.45, 2.75) is 43.5 Å². The third-order valence-electron chi connectivity index (χ3n) is 5.04. The van der Waals surface area contributed by atoms with Crippen LogP contribution in [-0.2, 0) is 16.6 Å². The standard InChI is InChI=1S/C17H25FN2O3S/c1-19(24(21,22)15-4-5-15)14-7-9-20(10-8-14)12-13-3-6-17(23-2)16(18)11-13/h3,6,11,14-15H,4-5,7-10,12H2,1-2H3. The molecule has 0 amide bonds. The van der Waals surface area contributed by atoms with Crippen LogP contribution in [0.3, 0.4) is 0 Å². The lowest BCUT2D eigenvalue weighted by atomic mass is 10.0. The smallest absolute Gasteiger partial charge is 0.216 e. The average Bonchev–Trinajstić information content (AvgIpc) is 3.40. The van der Waals surface area contributed by atoms with E-state index in [2.05, 4.69) is 4.90 Å². The minimum absolute atomic E-state index is 0.0828. The average molecular weight is 356 g/mol. The van der Waals surface area contributed by atoms with Crippen molar-refractivity contribution in [2.75, 3.05) is 27.2 Å². The fourth-order valence-corrected chi connectivity index (χ4v) is 5.14. The molecule has 5 nitrogen and oxygen atoms in total. The Morgan fingerprint density at radius 2 is 1.92 bits per heavy atom. The maximum Gasteiger partial charge on any atom is 0.216 e. The fourth-order valence-electron chi connectivity index (χ4n) is 3.32. The Balaban J connectivity index is 1.54. The summed E-state index contributed by atoms with van der Waals surface area (Å²) in [6, 6.07) is 5.11. The Labute approximate surface area is 143 Å². The summed E-state index contributed by atoms with van der Waals surface area (Å²) >= 11 is 0. The van der Waals surface area contributed by atoms with Crippen LogP contribution >= 0.6 is 0 Å². The van der Waals surface area contributed by atoms with Gasteiger partial charge in [-0.15, -0.1) is 0 Å². The molecule has 1 aromatic rings. The minimum Gasteiger partial charge on any atom is -0.494 e. The molecule has 3 rings (SSSR count). The number of likely N-dealkylation sites (tertiary alicyclic amines) is 1. The Kier molecular flexibility index (Phi) is 5.13. The van der Waals surface area contributed by atoms with Crippen LogP contribution in [0.15, 0.2) is 18.2 Å². The van der Waals surface area contributed by atoms with Crippen molar-refractivity contribution in [1.82, 2.24) is 9.21 Å². The van der Waals surface area contributed by atoms with E-state index >= 15 is 0 Å². The van der Waals surface area contributed by atoms with Gasteiger partial charge < -0.3 is 4.74 Å². The van der Waals surface area contributed by atoms with Crippen molar-refractivity contribution in [3.05, 3.63) is 29.6 Å². The van der Waals surface area contributed by atoms with E-state index in [0.29, 0.717) is 6.54 Å². The van der Waals surface area contributed by atoms with E-state index in [1.165, 1.54) is 13.2 Å². The molecule has 1 aliphatic carbocycles. The van der Waals surface area contributed by atoms with E-state index in [-0.39, 0.29) is 22.9 Å². The molecule has 0 N–H and O–H groups in total. The van der Waals surface area contributed by atoms with Crippen LogP contribution in [0.25, 0.3) is 0 Å². The van der Waals surface area contributed by atoms with Gasteiger partial charge in [0.25, 0.3) is 0 Å². The van der Waals surface area contributed by atoms with E-state index in [1.54, 1.807) is 17.4 Å². The number of sulfonamides is 1. The number of nitrogens with zero attached hydrogens (tertiary/aromatic N) is 2. The van der Waals surface area contributed by atoms with Gasteiger partial charge in [-0.3, -0.25) is 4.90 Å². The number of halogens is 1. The monoisotopic (exact) mass is 356 g/mol. The highest BCUT2D eigenvalue weighted by Crippen LogP contribution is 2.33. The summed E-state index contributed by atoms with van der Waals surface area (Å²) in [6.45, 7) is 2.32. The molecule has 24 heavy (non-hydrogen) atoms. The maximum absolute atomic E-state index is 13.8. The zero-order chi connectivity index (χ0) is 17.3. The van der Waals surface area contributed by atoms with E-state index in [9.17, 15) is 12.8 Å².